The van der Waals surface area contributed by atoms with Gasteiger partial charge in [0.1, 0.15) is 16.6 Å². The highest BCUT2D eigenvalue weighted by atomic mass is 35.5. The second-order valence-corrected chi connectivity index (χ2v) is 11.1. The fraction of sp³-hybridized carbons (Fsp3) is 0.450. The molecule has 2 fully saturated rings. The molecule has 30 heavy (non-hydrogen) atoms. The van der Waals surface area contributed by atoms with Gasteiger partial charge in [-0.25, -0.2) is 8.42 Å². The Bertz CT molecular complexity index is 979. The predicted octanol–water partition coefficient (Wildman–Crippen LogP) is 3.11. The molecule has 1 amide bonds. The molecule has 1 atom stereocenters. The minimum absolute atomic E-state index is 0.114. The van der Waals surface area contributed by atoms with E-state index < -0.39 is 10.0 Å². The van der Waals surface area contributed by atoms with E-state index in [9.17, 15) is 13.2 Å². The van der Waals surface area contributed by atoms with Crippen LogP contribution >= 0.6 is 22.9 Å². The lowest BCUT2D eigenvalue weighted by atomic mass is 10.2. The first-order valence-corrected chi connectivity index (χ1v) is 12.5. The first kappa shape index (κ1) is 21.6. The summed E-state index contributed by atoms with van der Waals surface area (Å²) in [7, 11) is -3.57. The molecule has 3 heterocycles. The van der Waals surface area contributed by atoms with Crippen molar-refractivity contribution in [2.45, 2.75) is 23.2 Å². The zero-order valence-electron chi connectivity index (χ0n) is 16.3. The molecule has 1 aromatic heterocycles. The number of nitrogens with zero attached hydrogens (tertiary/aromatic N) is 2. The van der Waals surface area contributed by atoms with Crippen molar-refractivity contribution in [3.05, 3.63) is 46.3 Å². The molecular weight excluding hydrogens is 448 g/mol. The van der Waals surface area contributed by atoms with Crippen molar-refractivity contribution < 1.29 is 22.7 Å². The number of hydrogen-bond donors (Lipinski definition) is 0. The van der Waals surface area contributed by atoms with Gasteiger partial charge in [0.2, 0.25) is 0 Å². The van der Waals surface area contributed by atoms with E-state index in [2.05, 4.69) is 0 Å². The maximum atomic E-state index is 12.8. The number of ether oxygens (including phenoxy) is 2. The van der Waals surface area contributed by atoms with Gasteiger partial charge in [-0.05, 0) is 49.2 Å². The molecule has 1 aromatic carbocycles. The molecule has 2 aliphatic rings. The Morgan fingerprint density at radius 1 is 1.13 bits per heavy atom. The summed E-state index contributed by atoms with van der Waals surface area (Å²) in [4.78, 5) is 14.5. The molecule has 0 bridgehead atoms. The van der Waals surface area contributed by atoms with Crippen molar-refractivity contribution in [2.75, 3.05) is 39.4 Å². The number of rotatable bonds is 6. The molecular formula is C20H23ClN2O5S2. The summed E-state index contributed by atoms with van der Waals surface area (Å²) < 4.78 is 38.7. The summed E-state index contributed by atoms with van der Waals surface area (Å²) in [6.45, 7) is 2.50. The lowest BCUT2D eigenvalue weighted by molar-refractivity contribution is 0.0676. The SMILES string of the molecule is O=C(c1ccc(OC[C@H]2CCCO2)cc1)N1CCN(S(=O)(=O)c2ccc(Cl)s2)CC1. The van der Waals surface area contributed by atoms with Gasteiger partial charge in [0.05, 0.1) is 10.4 Å². The molecule has 7 nitrogen and oxygen atoms in total. The van der Waals surface area contributed by atoms with Gasteiger partial charge in [-0.15, -0.1) is 11.3 Å². The fourth-order valence-corrected chi connectivity index (χ4v) is 6.60. The van der Waals surface area contributed by atoms with Gasteiger partial charge in [-0.2, -0.15) is 4.31 Å². The van der Waals surface area contributed by atoms with Gasteiger partial charge in [0, 0.05) is 38.3 Å². The van der Waals surface area contributed by atoms with E-state index in [0.717, 1.165) is 30.8 Å². The molecule has 0 spiro atoms. The molecule has 2 saturated heterocycles. The number of sulfonamides is 1. The normalized spacial score (nSPS) is 20.4. The van der Waals surface area contributed by atoms with Crippen LogP contribution in [0.2, 0.25) is 4.34 Å². The topological polar surface area (TPSA) is 76.2 Å². The fourth-order valence-electron chi connectivity index (χ4n) is 3.54. The van der Waals surface area contributed by atoms with Crippen molar-refractivity contribution in [3.8, 4) is 5.75 Å². The molecule has 0 N–H and O–H groups in total. The quantitative estimate of drug-likeness (QED) is 0.648. The van der Waals surface area contributed by atoms with E-state index in [1.807, 2.05) is 0 Å². The van der Waals surface area contributed by atoms with E-state index in [0.29, 0.717) is 35.3 Å². The number of amides is 1. The van der Waals surface area contributed by atoms with Crippen molar-refractivity contribution in [2.24, 2.45) is 0 Å². The van der Waals surface area contributed by atoms with Crippen LogP contribution in [0.3, 0.4) is 0 Å². The molecule has 0 radical (unpaired) electrons. The first-order chi connectivity index (χ1) is 14.4. The first-order valence-electron chi connectivity index (χ1n) is 9.83. The predicted molar refractivity (Wildman–Crippen MR) is 115 cm³/mol. The number of piperazine rings is 1. The maximum absolute atomic E-state index is 12.8. The molecule has 162 valence electrons. The van der Waals surface area contributed by atoms with Crippen molar-refractivity contribution >= 4 is 38.9 Å². The minimum Gasteiger partial charge on any atom is -0.491 e. The van der Waals surface area contributed by atoms with Crippen LogP contribution in [0.4, 0.5) is 0 Å². The summed E-state index contributed by atoms with van der Waals surface area (Å²) >= 11 is 6.91. The van der Waals surface area contributed by atoms with Crippen LogP contribution in [0.1, 0.15) is 23.2 Å². The van der Waals surface area contributed by atoms with Gasteiger partial charge in [0.25, 0.3) is 15.9 Å². The Labute approximate surface area is 185 Å². The Morgan fingerprint density at radius 2 is 1.87 bits per heavy atom. The van der Waals surface area contributed by atoms with Crippen molar-refractivity contribution in [1.82, 2.24) is 9.21 Å². The largest absolute Gasteiger partial charge is 0.491 e. The third kappa shape index (κ3) is 4.81. The zero-order chi connectivity index (χ0) is 21.1. The van der Waals surface area contributed by atoms with Gasteiger partial charge < -0.3 is 14.4 Å². The summed E-state index contributed by atoms with van der Waals surface area (Å²) in [5.41, 5.74) is 0.556. The third-order valence-electron chi connectivity index (χ3n) is 5.23. The molecule has 4 rings (SSSR count). The van der Waals surface area contributed by atoms with Crippen LogP contribution < -0.4 is 4.74 Å². The molecule has 0 unspecified atom stereocenters. The Morgan fingerprint density at radius 3 is 2.47 bits per heavy atom. The number of hydrogen-bond acceptors (Lipinski definition) is 6. The highest BCUT2D eigenvalue weighted by molar-refractivity contribution is 7.91. The second kappa shape index (κ2) is 9.23. The number of carbonyl (C=O) groups is 1. The molecule has 2 aromatic rings. The number of thiophene rings is 1. The highest BCUT2D eigenvalue weighted by Gasteiger charge is 2.31. The highest BCUT2D eigenvalue weighted by Crippen LogP contribution is 2.28. The lowest BCUT2D eigenvalue weighted by Crippen LogP contribution is -2.50. The van der Waals surface area contributed by atoms with Crippen LogP contribution in [0, 0.1) is 0 Å². The zero-order valence-corrected chi connectivity index (χ0v) is 18.7. The van der Waals surface area contributed by atoms with Crippen molar-refractivity contribution in [3.63, 3.8) is 0 Å². The van der Waals surface area contributed by atoms with E-state index in [1.54, 1.807) is 35.2 Å². The van der Waals surface area contributed by atoms with Crippen molar-refractivity contribution in [1.29, 1.82) is 0 Å². The second-order valence-electron chi connectivity index (χ2n) is 7.23. The molecule has 10 heteroatoms. The average molecular weight is 471 g/mol. The Balaban J connectivity index is 1.31. The molecule has 2 aliphatic heterocycles. The van der Waals surface area contributed by atoms with Gasteiger partial charge in [0.15, 0.2) is 0 Å². The van der Waals surface area contributed by atoms with Crippen LogP contribution in [0.15, 0.2) is 40.6 Å². The van der Waals surface area contributed by atoms with E-state index >= 15 is 0 Å². The number of benzene rings is 1. The van der Waals surface area contributed by atoms with Crippen LogP contribution in [0.25, 0.3) is 0 Å². The monoisotopic (exact) mass is 470 g/mol. The minimum atomic E-state index is -3.57. The van der Waals surface area contributed by atoms with Crippen LogP contribution in [-0.2, 0) is 14.8 Å². The lowest BCUT2D eigenvalue weighted by Gasteiger charge is -2.33. The molecule has 0 saturated carbocycles. The summed E-state index contributed by atoms with van der Waals surface area (Å²) in [6.07, 6.45) is 2.22. The number of halogens is 1. The van der Waals surface area contributed by atoms with E-state index in [4.69, 9.17) is 21.1 Å². The average Bonchev–Trinajstić information content (AvgIpc) is 3.44. The standard InChI is InChI=1S/C20H23ClN2O5S2/c21-18-7-8-19(29-18)30(25,26)23-11-9-22(10-12-23)20(24)15-3-5-16(6-4-15)28-14-17-2-1-13-27-17/h3-8,17H,1-2,9-14H2/t17-/m1/s1. The molecule has 0 aliphatic carbocycles. The van der Waals surface area contributed by atoms with E-state index in [1.165, 1.54) is 10.4 Å². The Hall–Kier alpha value is -1.65. The third-order valence-corrected chi connectivity index (χ3v) is 8.83. The van der Waals surface area contributed by atoms with Crippen LogP contribution in [-0.4, -0.2) is 69.0 Å². The van der Waals surface area contributed by atoms with Gasteiger partial charge in [-0.1, -0.05) is 11.6 Å². The smallest absolute Gasteiger partial charge is 0.253 e. The Kier molecular flexibility index (Phi) is 6.64. The van der Waals surface area contributed by atoms with Crippen LogP contribution in [0.5, 0.6) is 5.75 Å². The summed E-state index contributed by atoms with van der Waals surface area (Å²) in [5.74, 6) is 0.587. The van der Waals surface area contributed by atoms with E-state index in [-0.39, 0.29) is 29.3 Å². The van der Waals surface area contributed by atoms with Gasteiger partial charge >= 0.3 is 0 Å². The van der Waals surface area contributed by atoms with Gasteiger partial charge in [-0.3, -0.25) is 4.79 Å². The number of carbonyl (C=O) groups excluding carboxylic acids is 1. The summed E-state index contributed by atoms with van der Waals surface area (Å²) in [6, 6.07) is 10.1. The summed E-state index contributed by atoms with van der Waals surface area (Å²) in [5, 5.41) is 0. The maximum Gasteiger partial charge on any atom is 0.253 e.